The van der Waals surface area contributed by atoms with Crippen LogP contribution in [0, 0.1) is 0 Å². The van der Waals surface area contributed by atoms with Crippen molar-refractivity contribution in [3.63, 3.8) is 0 Å². The van der Waals surface area contributed by atoms with E-state index >= 15 is 0 Å². The molecule has 0 amide bonds. The van der Waals surface area contributed by atoms with Crippen molar-refractivity contribution in [3.05, 3.63) is 200 Å². The second-order valence-electron chi connectivity index (χ2n) is 13.0. The van der Waals surface area contributed by atoms with Gasteiger partial charge in [0.05, 0.1) is 42.0 Å². The minimum Gasteiger partial charge on any atom is -0.244 e. The SMILES string of the molecule is [2H]c1c([2H])c([2H])c(-c2cc(-c3c([2H])c([2H])c([2H])c([2H])c3[2H])nc(-c3cccc(-c4ccc(-c5cc(-c6ccccc6)nc(-c6ccc7ccccc7n6)n5)c5ccccc45)c3)n2)c([2H])c1[2H]. The molecule has 0 aliphatic carbocycles. The van der Waals surface area contributed by atoms with Crippen LogP contribution in [0.15, 0.2) is 200 Å². The molecular formula is C51H33N5. The highest BCUT2D eigenvalue weighted by molar-refractivity contribution is 6.05. The molecule has 3 heterocycles. The Morgan fingerprint density at radius 3 is 1.62 bits per heavy atom. The van der Waals surface area contributed by atoms with Crippen LogP contribution in [-0.2, 0) is 0 Å². The quantitative estimate of drug-likeness (QED) is 0.164. The first-order valence-corrected chi connectivity index (χ1v) is 17.8. The van der Waals surface area contributed by atoms with Crippen LogP contribution >= 0.6 is 0 Å². The van der Waals surface area contributed by atoms with Gasteiger partial charge in [0.1, 0.15) is 5.69 Å². The number of benzene rings is 7. The van der Waals surface area contributed by atoms with E-state index in [1.165, 1.54) is 6.07 Å². The zero-order chi connectivity index (χ0) is 46.0. The zero-order valence-electron chi connectivity index (χ0n) is 39.5. The Kier molecular flexibility index (Phi) is 6.11. The first-order valence-electron chi connectivity index (χ1n) is 22.8. The molecule has 0 N–H and O–H groups in total. The molecule has 0 bridgehead atoms. The first-order chi connectivity index (χ1) is 31.9. The lowest BCUT2D eigenvalue weighted by molar-refractivity contribution is 1.16. The summed E-state index contributed by atoms with van der Waals surface area (Å²) in [7, 11) is 0. The summed E-state index contributed by atoms with van der Waals surface area (Å²) in [5.41, 5.74) is 6.15. The molecule has 7 aromatic carbocycles. The summed E-state index contributed by atoms with van der Waals surface area (Å²) in [6.07, 6.45) is 0. The summed E-state index contributed by atoms with van der Waals surface area (Å²) in [4.78, 5) is 24.5. The van der Waals surface area contributed by atoms with Gasteiger partial charge in [0.2, 0.25) is 0 Å². The molecule has 0 radical (unpaired) electrons. The standard InChI is InChI=1S/C51H33N5/c1-4-15-34(16-5-1)46-32-47(35-17-6-2-7-18-35)54-50(53-46)39-23-14-22-38(31-39)40-28-29-43(42-25-12-11-24-41(40)42)49-33-48(36-19-8-3-9-20-36)55-51(56-49)45-30-27-37-21-10-13-26-44(37)52-45/h1-33H/i1D,2D,4D,5D,6D,7D,15D,16D,17D,18D. The molecule has 10 rings (SSSR count). The molecule has 3 aromatic heterocycles. The molecular weight excluding hydrogens is 683 g/mol. The molecule has 5 heteroatoms. The molecule has 0 aliphatic heterocycles. The van der Waals surface area contributed by atoms with Crippen LogP contribution in [0.5, 0.6) is 0 Å². The Bertz CT molecular complexity index is 3480. The van der Waals surface area contributed by atoms with Crippen LogP contribution < -0.4 is 0 Å². The van der Waals surface area contributed by atoms with Crippen LogP contribution in [0.25, 0.3) is 101 Å². The van der Waals surface area contributed by atoms with Crippen molar-refractivity contribution >= 4 is 21.7 Å². The number of aromatic nitrogens is 5. The average Bonchev–Trinajstić information content (AvgIpc) is 3.36. The Morgan fingerprint density at radius 1 is 0.321 bits per heavy atom. The van der Waals surface area contributed by atoms with Crippen LogP contribution in [0.2, 0.25) is 0 Å². The molecule has 0 aliphatic rings. The van der Waals surface area contributed by atoms with Gasteiger partial charge in [-0.2, -0.15) is 0 Å². The Balaban J connectivity index is 1.14. The molecule has 0 fully saturated rings. The van der Waals surface area contributed by atoms with Gasteiger partial charge >= 0.3 is 0 Å². The number of hydrogen-bond acceptors (Lipinski definition) is 5. The smallest absolute Gasteiger partial charge is 0.179 e. The van der Waals surface area contributed by atoms with Crippen LogP contribution in [0.4, 0.5) is 0 Å². The van der Waals surface area contributed by atoms with Gasteiger partial charge in [-0.25, -0.2) is 24.9 Å². The van der Waals surface area contributed by atoms with Crippen LogP contribution in [0.3, 0.4) is 0 Å². The van der Waals surface area contributed by atoms with E-state index < -0.39 is 60.4 Å². The van der Waals surface area contributed by atoms with Crippen molar-refractivity contribution in [3.8, 4) is 79.1 Å². The zero-order valence-corrected chi connectivity index (χ0v) is 29.5. The lowest BCUT2D eigenvalue weighted by Crippen LogP contribution is -1.98. The molecule has 0 spiro atoms. The fraction of sp³-hybridized carbons (Fsp3) is 0. The summed E-state index contributed by atoms with van der Waals surface area (Å²) in [6.45, 7) is 0. The maximum Gasteiger partial charge on any atom is 0.179 e. The summed E-state index contributed by atoms with van der Waals surface area (Å²) in [5.74, 6) is 0.514. The third-order valence-corrected chi connectivity index (χ3v) is 9.49. The van der Waals surface area contributed by atoms with Crippen molar-refractivity contribution in [2.24, 2.45) is 0 Å². The number of fused-ring (bicyclic) bond motifs is 2. The molecule has 0 saturated heterocycles. The minimum atomic E-state index is -0.585. The molecule has 262 valence electrons. The van der Waals surface area contributed by atoms with Crippen molar-refractivity contribution in [1.82, 2.24) is 24.9 Å². The van der Waals surface area contributed by atoms with E-state index in [4.69, 9.17) is 38.6 Å². The lowest BCUT2D eigenvalue weighted by atomic mass is 9.92. The maximum absolute atomic E-state index is 8.74. The second kappa shape index (κ2) is 14.3. The largest absolute Gasteiger partial charge is 0.244 e. The summed E-state index contributed by atoms with van der Waals surface area (Å²) in [6, 6.07) is 38.9. The van der Waals surface area contributed by atoms with E-state index in [1.54, 1.807) is 6.07 Å². The van der Waals surface area contributed by atoms with Crippen molar-refractivity contribution in [2.45, 2.75) is 0 Å². The third-order valence-electron chi connectivity index (χ3n) is 9.49. The number of hydrogen-bond donors (Lipinski definition) is 0. The molecule has 56 heavy (non-hydrogen) atoms. The third kappa shape index (κ3) is 6.37. The highest BCUT2D eigenvalue weighted by Gasteiger charge is 2.17. The Labute approximate surface area is 338 Å². The summed E-state index contributed by atoms with van der Waals surface area (Å²) < 4.78 is 84.8. The Morgan fingerprint density at radius 2 is 0.875 bits per heavy atom. The Hall–Kier alpha value is -7.63. The van der Waals surface area contributed by atoms with Gasteiger partial charge in [-0.05, 0) is 52.2 Å². The van der Waals surface area contributed by atoms with Gasteiger partial charge in [0, 0.05) is 33.2 Å². The molecule has 0 unspecified atom stereocenters. The number of para-hydroxylation sites is 1. The predicted octanol–water partition coefficient (Wildman–Crippen LogP) is 12.6. The number of nitrogens with zero attached hydrogens (tertiary/aromatic N) is 5. The highest BCUT2D eigenvalue weighted by Crippen LogP contribution is 2.38. The van der Waals surface area contributed by atoms with Gasteiger partial charge in [0.25, 0.3) is 0 Å². The van der Waals surface area contributed by atoms with Crippen molar-refractivity contribution < 1.29 is 13.7 Å². The normalized spacial score (nSPS) is 13.7. The fourth-order valence-electron chi connectivity index (χ4n) is 6.84. The number of rotatable bonds is 7. The van der Waals surface area contributed by atoms with E-state index in [1.807, 2.05) is 127 Å². The maximum atomic E-state index is 8.74. The topological polar surface area (TPSA) is 64.5 Å². The summed E-state index contributed by atoms with van der Waals surface area (Å²) >= 11 is 0. The highest BCUT2D eigenvalue weighted by atomic mass is 14.9. The van der Waals surface area contributed by atoms with Gasteiger partial charge < -0.3 is 0 Å². The van der Waals surface area contributed by atoms with Gasteiger partial charge in [-0.1, -0.05) is 170 Å². The molecule has 10 aromatic rings. The second-order valence-corrected chi connectivity index (χ2v) is 13.0. The van der Waals surface area contributed by atoms with Gasteiger partial charge in [-0.15, -0.1) is 0 Å². The van der Waals surface area contributed by atoms with E-state index in [0.29, 0.717) is 22.8 Å². The van der Waals surface area contributed by atoms with Crippen LogP contribution in [-0.4, -0.2) is 24.9 Å². The van der Waals surface area contributed by atoms with Gasteiger partial charge in [-0.3, -0.25) is 0 Å². The van der Waals surface area contributed by atoms with E-state index in [-0.39, 0.29) is 28.3 Å². The van der Waals surface area contributed by atoms with Gasteiger partial charge in [0.15, 0.2) is 11.6 Å². The predicted molar refractivity (Wildman–Crippen MR) is 228 cm³/mol. The van der Waals surface area contributed by atoms with Crippen molar-refractivity contribution in [1.29, 1.82) is 0 Å². The van der Waals surface area contributed by atoms with E-state index in [0.717, 1.165) is 49.6 Å². The van der Waals surface area contributed by atoms with E-state index in [9.17, 15) is 0 Å². The van der Waals surface area contributed by atoms with Crippen LogP contribution in [0.1, 0.15) is 13.7 Å². The molecule has 5 nitrogen and oxygen atoms in total. The summed E-state index contributed by atoms with van der Waals surface area (Å²) in [5, 5.41) is 2.83. The monoisotopic (exact) mass is 725 g/mol. The first kappa shape index (κ1) is 23.9. The fourth-order valence-corrected chi connectivity index (χ4v) is 6.84. The van der Waals surface area contributed by atoms with Crippen molar-refractivity contribution in [2.75, 3.05) is 0 Å². The molecule has 0 saturated carbocycles. The minimum absolute atomic E-state index is 0.0353. The average molecular weight is 726 g/mol. The lowest BCUT2D eigenvalue weighted by Gasteiger charge is -2.14. The van der Waals surface area contributed by atoms with E-state index in [2.05, 4.69) is 0 Å². The number of pyridine rings is 1. The molecule has 0 atom stereocenters.